The molecule has 0 bridgehead atoms. The molecule has 512 valence electrons. The normalized spacial score (nSPS) is 12.5. The number of hydrogen-bond acceptors (Lipinski definition) is 5. The van der Waals surface area contributed by atoms with Crippen LogP contribution in [0.15, 0.2) is 12.2 Å². The van der Waals surface area contributed by atoms with Crippen molar-refractivity contribution < 1.29 is 24.5 Å². The van der Waals surface area contributed by atoms with Gasteiger partial charge in [-0.1, -0.05) is 411 Å². The molecular formula is C80H157NO5. The molecule has 2 unspecified atom stereocenters. The lowest BCUT2D eigenvalue weighted by Gasteiger charge is -2.22. The number of carbonyl (C=O) groups excluding carboxylic acids is 2. The fraction of sp³-hybridized carbons (Fsp3) is 0.950. The number of hydrogen-bond donors (Lipinski definition) is 3. The number of allylic oxidation sites excluding steroid dienone is 2. The predicted molar refractivity (Wildman–Crippen MR) is 380 cm³/mol. The van der Waals surface area contributed by atoms with Gasteiger partial charge in [0.05, 0.1) is 25.4 Å². The summed E-state index contributed by atoms with van der Waals surface area (Å²) in [5, 5.41) is 23.5. The van der Waals surface area contributed by atoms with Crippen LogP contribution in [-0.2, 0) is 14.3 Å². The summed E-state index contributed by atoms with van der Waals surface area (Å²) in [4.78, 5) is 24.6. The minimum absolute atomic E-state index is 0.0143. The van der Waals surface area contributed by atoms with Crippen LogP contribution in [-0.4, -0.2) is 47.4 Å². The summed E-state index contributed by atoms with van der Waals surface area (Å²) in [5.41, 5.74) is 0. The van der Waals surface area contributed by atoms with Crippen LogP contribution in [0.1, 0.15) is 463 Å². The molecule has 0 aromatic carbocycles. The van der Waals surface area contributed by atoms with Crippen LogP contribution in [0.2, 0.25) is 0 Å². The number of ether oxygens (including phenoxy) is 1. The van der Waals surface area contributed by atoms with Gasteiger partial charge in [-0.25, -0.2) is 0 Å². The summed E-state index contributed by atoms with van der Waals surface area (Å²) in [6, 6.07) is -0.538. The van der Waals surface area contributed by atoms with Crippen molar-refractivity contribution in [2.24, 2.45) is 0 Å². The molecular weight excluding hydrogens is 1050 g/mol. The average molecular weight is 1210 g/mol. The Kier molecular flexibility index (Phi) is 74.8. The van der Waals surface area contributed by atoms with Crippen molar-refractivity contribution in [2.45, 2.75) is 475 Å². The SMILES string of the molecule is CCCCCCC/C=C\CCCCCCCC(=O)OCCCCCCCCCCCCCCCCCCCCCCCCCCCCCCCCCCCC(=O)NC(CO)C(O)CCCCCCCCCCCCCCCCCCCCCCCC. The molecule has 0 spiro atoms. The Morgan fingerprint density at radius 3 is 0.826 bits per heavy atom. The molecule has 6 nitrogen and oxygen atoms in total. The maximum atomic E-state index is 12.6. The molecule has 0 rings (SSSR count). The number of amides is 1. The van der Waals surface area contributed by atoms with E-state index in [1.165, 1.54) is 385 Å². The number of nitrogens with one attached hydrogen (secondary N) is 1. The van der Waals surface area contributed by atoms with Crippen molar-refractivity contribution in [2.75, 3.05) is 13.2 Å². The molecule has 0 aliphatic carbocycles. The summed E-state index contributed by atoms with van der Waals surface area (Å²) in [6.07, 6.45) is 95.9. The van der Waals surface area contributed by atoms with Crippen LogP contribution in [0, 0.1) is 0 Å². The first-order chi connectivity index (χ1) is 42.5. The van der Waals surface area contributed by atoms with Gasteiger partial charge < -0.3 is 20.3 Å². The van der Waals surface area contributed by atoms with Crippen molar-refractivity contribution in [3.63, 3.8) is 0 Å². The van der Waals surface area contributed by atoms with E-state index in [9.17, 15) is 19.8 Å². The Balaban J connectivity index is 3.32. The number of aliphatic hydroxyl groups excluding tert-OH is 2. The predicted octanol–water partition coefficient (Wildman–Crippen LogP) is 26.3. The monoisotopic (exact) mass is 1210 g/mol. The first-order valence-corrected chi connectivity index (χ1v) is 39.9. The van der Waals surface area contributed by atoms with Gasteiger partial charge in [0.1, 0.15) is 0 Å². The Morgan fingerprint density at radius 1 is 0.314 bits per heavy atom. The lowest BCUT2D eigenvalue weighted by molar-refractivity contribution is -0.143. The highest BCUT2D eigenvalue weighted by atomic mass is 16.5. The quantitative estimate of drug-likeness (QED) is 0.0320. The van der Waals surface area contributed by atoms with E-state index in [1.807, 2.05) is 0 Å². The molecule has 3 N–H and O–H groups in total. The zero-order chi connectivity index (χ0) is 62.0. The first kappa shape index (κ1) is 84.6. The highest BCUT2D eigenvalue weighted by molar-refractivity contribution is 5.76. The van der Waals surface area contributed by atoms with Gasteiger partial charge in [-0.3, -0.25) is 9.59 Å². The molecule has 0 heterocycles. The third-order valence-corrected chi connectivity index (χ3v) is 19.1. The van der Waals surface area contributed by atoms with E-state index >= 15 is 0 Å². The molecule has 6 heteroatoms. The van der Waals surface area contributed by atoms with Crippen LogP contribution in [0.3, 0.4) is 0 Å². The van der Waals surface area contributed by atoms with E-state index < -0.39 is 12.1 Å². The van der Waals surface area contributed by atoms with Gasteiger partial charge in [0.25, 0.3) is 0 Å². The highest BCUT2D eigenvalue weighted by Crippen LogP contribution is 2.20. The Labute approximate surface area is 539 Å². The summed E-state index contributed by atoms with van der Waals surface area (Å²) < 4.78 is 5.49. The molecule has 0 radical (unpaired) electrons. The molecule has 0 aliphatic heterocycles. The van der Waals surface area contributed by atoms with E-state index in [2.05, 4.69) is 31.3 Å². The van der Waals surface area contributed by atoms with Crippen molar-refractivity contribution in [3.8, 4) is 0 Å². The average Bonchev–Trinajstić information content (AvgIpc) is 3.56. The van der Waals surface area contributed by atoms with Crippen LogP contribution in [0.4, 0.5) is 0 Å². The van der Waals surface area contributed by atoms with E-state index in [0.717, 1.165) is 44.9 Å². The van der Waals surface area contributed by atoms with Crippen molar-refractivity contribution in [1.82, 2.24) is 5.32 Å². The second-order valence-electron chi connectivity index (χ2n) is 27.8. The zero-order valence-corrected chi connectivity index (χ0v) is 58.8. The van der Waals surface area contributed by atoms with Crippen molar-refractivity contribution in [3.05, 3.63) is 12.2 Å². The molecule has 1 amide bonds. The Hall–Kier alpha value is -1.40. The summed E-state index contributed by atoms with van der Waals surface area (Å²) in [7, 11) is 0. The number of esters is 1. The minimum Gasteiger partial charge on any atom is -0.466 e. The van der Waals surface area contributed by atoms with Crippen LogP contribution in [0.5, 0.6) is 0 Å². The largest absolute Gasteiger partial charge is 0.466 e. The van der Waals surface area contributed by atoms with Crippen LogP contribution in [0.25, 0.3) is 0 Å². The lowest BCUT2D eigenvalue weighted by atomic mass is 10.0. The summed E-state index contributed by atoms with van der Waals surface area (Å²) >= 11 is 0. The minimum atomic E-state index is -0.662. The topological polar surface area (TPSA) is 95.9 Å². The van der Waals surface area contributed by atoms with Gasteiger partial charge in [-0.2, -0.15) is 0 Å². The standard InChI is InChI=1S/C80H157NO5/c1-3-5-7-9-11-13-15-17-19-20-21-22-36-39-42-45-48-52-56-60-64-68-72-78(83)77(76-82)81-79(84)73-69-65-61-57-53-49-46-43-40-37-34-32-30-28-26-24-23-25-27-29-31-33-35-38-41-44-47-51-55-59-63-67-71-75-86-80(85)74-70-66-62-58-54-50-18-16-14-12-10-8-6-4-2/h16,18,77-78,82-83H,3-15,17,19-76H2,1-2H3,(H,81,84)/b18-16-. The number of rotatable bonds is 76. The fourth-order valence-corrected chi connectivity index (χ4v) is 13.0. The molecule has 0 saturated heterocycles. The molecule has 0 aliphatic rings. The fourth-order valence-electron chi connectivity index (χ4n) is 13.0. The number of aliphatic hydroxyl groups is 2. The van der Waals surface area contributed by atoms with Crippen LogP contribution < -0.4 is 5.32 Å². The van der Waals surface area contributed by atoms with E-state index in [0.29, 0.717) is 25.9 Å². The maximum Gasteiger partial charge on any atom is 0.305 e. The Bertz CT molecular complexity index is 1300. The maximum absolute atomic E-state index is 12.6. The van der Waals surface area contributed by atoms with Gasteiger partial charge in [0.15, 0.2) is 0 Å². The first-order valence-electron chi connectivity index (χ1n) is 39.9. The van der Waals surface area contributed by atoms with Gasteiger partial charge in [0.2, 0.25) is 5.91 Å². The van der Waals surface area contributed by atoms with Gasteiger partial charge in [0, 0.05) is 12.8 Å². The zero-order valence-electron chi connectivity index (χ0n) is 58.8. The van der Waals surface area contributed by atoms with Crippen molar-refractivity contribution in [1.29, 1.82) is 0 Å². The molecule has 0 saturated carbocycles. The molecule has 2 atom stereocenters. The van der Waals surface area contributed by atoms with E-state index in [1.54, 1.807) is 0 Å². The second kappa shape index (κ2) is 76.1. The van der Waals surface area contributed by atoms with E-state index in [4.69, 9.17) is 4.74 Å². The highest BCUT2D eigenvalue weighted by Gasteiger charge is 2.20. The molecule has 0 aromatic rings. The summed E-state index contributed by atoms with van der Waals surface area (Å²) in [5.74, 6) is -0.00993. The smallest absolute Gasteiger partial charge is 0.305 e. The second-order valence-corrected chi connectivity index (χ2v) is 27.8. The molecule has 0 aromatic heterocycles. The van der Waals surface area contributed by atoms with Gasteiger partial charge in [-0.15, -0.1) is 0 Å². The van der Waals surface area contributed by atoms with Crippen molar-refractivity contribution >= 4 is 11.9 Å². The summed E-state index contributed by atoms with van der Waals surface area (Å²) in [6.45, 7) is 5.00. The lowest BCUT2D eigenvalue weighted by Crippen LogP contribution is -2.45. The molecule has 0 fully saturated rings. The third kappa shape index (κ3) is 71.7. The Morgan fingerprint density at radius 2 is 0.547 bits per heavy atom. The van der Waals surface area contributed by atoms with E-state index in [-0.39, 0.29) is 18.5 Å². The molecule has 86 heavy (non-hydrogen) atoms. The third-order valence-electron chi connectivity index (χ3n) is 19.1. The number of carbonyl (C=O) groups is 2. The van der Waals surface area contributed by atoms with Gasteiger partial charge in [-0.05, 0) is 51.4 Å². The van der Waals surface area contributed by atoms with Gasteiger partial charge >= 0.3 is 5.97 Å². The number of unbranched alkanes of at least 4 members (excludes halogenated alkanes) is 63. The van der Waals surface area contributed by atoms with Crippen LogP contribution >= 0.6 is 0 Å².